The summed E-state index contributed by atoms with van der Waals surface area (Å²) in [6, 6.07) is 13.1. The van der Waals surface area contributed by atoms with Crippen LogP contribution in [0.15, 0.2) is 78.1 Å². The van der Waals surface area contributed by atoms with Crippen molar-refractivity contribution in [3.8, 4) is 22.4 Å². The Bertz CT molecular complexity index is 1570. The van der Waals surface area contributed by atoms with Crippen LogP contribution in [-0.2, 0) is 16.6 Å². The Morgan fingerprint density at radius 1 is 0.914 bits per heavy atom. The van der Waals surface area contributed by atoms with Gasteiger partial charge in [-0.1, -0.05) is 12.1 Å². The Hall–Kier alpha value is -4.18. The highest BCUT2D eigenvalue weighted by Gasteiger charge is 2.24. The van der Waals surface area contributed by atoms with Gasteiger partial charge in [-0.15, -0.1) is 0 Å². The van der Waals surface area contributed by atoms with Crippen LogP contribution in [0.5, 0.6) is 0 Å². The largest absolute Gasteiger partial charge is 0.337 e. The SMILES string of the molecule is CN1Cc2cc(-c3ccc(-c4cncc(NS(=O)(=O)c5ccc(F)cc5F)c4)nc3)ccc2C1=O. The number of aromatic nitrogens is 2. The van der Waals surface area contributed by atoms with Gasteiger partial charge in [0, 0.05) is 48.7 Å². The lowest BCUT2D eigenvalue weighted by Gasteiger charge is -2.10. The molecule has 2 aromatic heterocycles. The van der Waals surface area contributed by atoms with E-state index in [1.54, 1.807) is 24.2 Å². The van der Waals surface area contributed by atoms with E-state index in [1.165, 1.54) is 18.5 Å². The molecule has 0 saturated carbocycles. The van der Waals surface area contributed by atoms with E-state index in [0.29, 0.717) is 29.4 Å². The standard InChI is InChI=1S/C25H18F2N4O3S/c1-31-14-18-8-15(2-5-21(18)25(31)32)16-3-6-23(29-12-16)17-9-20(13-28-11-17)30-35(33,34)24-7-4-19(26)10-22(24)27/h2-13,30H,14H2,1H3. The number of nitrogens with zero attached hydrogens (tertiary/aromatic N) is 3. The summed E-state index contributed by atoms with van der Waals surface area (Å²) in [4.78, 5) is 21.6. The van der Waals surface area contributed by atoms with E-state index in [0.717, 1.165) is 28.8 Å². The van der Waals surface area contributed by atoms with Gasteiger partial charge in [0.2, 0.25) is 0 Å². The van der Waals surface area contributed by atoms with Gasteiger partial charge in [-0.3, -0.25) is 19.5 Å². The van der Waals surface area contributed by atoms with E-state index < -0.39 is 26.6 Å². The van der Waals surface area contributed by atoms with Crippen molar-refractivity contribution in [1.82, 2.24) is 14.9 Å². The van der Waals surface area contributed by atoms with E-state index >= 15 is 0 Å². The molecular weight excluding hydrogens is 474 g/mol. The number of fused-ring (bicyclic) bond motifs is 1. The minimum Gasteiger partial charge on any atom is -0.337 e. The van der Waals surface area contributed by atoms with Gasteiger partial charge in [-0.05, 0) is 47.5 Å². The zero-order chi connectivity index (χ0) is 24.7. The first-order chi connectivity index (χ1) is 16.7. The second kappa shape index (κ2) is 8.55. The first-order valence-electron chi connectivity index (χ1n) is 10.5. The third-order valence-corrected chi connectivity index (χ3v) is 7.07. The summed E-state index contributed by atoms with van der Waals surface area (Å²) >= 11 is 0. The fourth-order valence-corrected chi connectivity index (χ4v) is 5.01. The number of hydrogen-bond donors (Lipinski definition) is 1. The van der Waals surface area contributed by atoms with Crippen molar-refractivity contribution >= 4 is 21.6 Å². The quantitative estimate of drug-likeness (QED) is 0.444. The predicted octanol–water partition coefficient (Wildman–Crippen LogP) is 4.48. The number of anilines is 1. The van der Waals surface area contributed by atoms with Gasteiger partial charge in [-0.2, -0.15) is 0 Å². The van der Waals surface area contributed by atoms with Crippen molar-refractivity contribution in [3.63, 3.8) is 0 Å². The molecule has 1 aliphatic heterocycles. The molecule has 3 heterocycles. The van der Waals surface area contributed by atoms with Gasteiger partial charge in [0.1, 0.15) is 16.5 Å². The lowest BCUT2D eigenvalue weighted by molar-refractivity contribution is 0.0816. The Labute approximate surface area is 200 Å². The number of sulfonamides is 1. The summed E-state index contributed by atoms with van der Waals surface area (Å²) in [7, 11) is -2.53. The second-order valence-electron chi connectivity index (χ2n) is 8.11. The zero-order valence-electron chi connectivity index (χ0n) is 18.4. The number of carbonyl (C=O) groups is 1. The van der Waals surface area contributed by atoms with Crippen LogP contribution in [0.1, 0.15) is 15.9 Å². The summed E-state index contributed by atoms with van der Waals surface area (Å²) < 4.78 is 54.5. The number of amides is 1. The Balaban J connectivity index is 1.38. The van der Waals surface area contributed by atoms with Crippen molar-refractivity contribution in [3.05, 3.63) is 95.9 Å². The molecule has 7 nitrogen and oxygen atoms in total. The highest BCUT2D eigenvalue weighted by molar-refractivity contribution is 7.92. The van der Waals surface area contributed by atoms with Gasteiger partial charge in [0.15, 0.2) is 0 Å². The molecule has 5 rings (SSSR count). The number of halogens is 2. The van der Waals surface area contributed by atoms with Crippen LogP contribution in [-0.4, -0.2) is 36.2 Å². The van der Waals surface area contributed by atoms with Crippen molar-refractivity contribution in [2.75, 3.05) is 11.8 Å². The van der Waals surface area contributed by atoms with Crippen LogP contribution in [0.3, 0.4) is 0 Å². The molecule has 4 aromatic rings. The maximum atomic E-state index is 14.0. The van der Waals surface area contributed by atoms with Gasteiger partial charge in [0.05, 0.1) is 17.6 Å². The summed E-state index contributed by atoms with van der Waals surface area (Å²) in [6.45, 7) is 0.559. The molecule has 0 aliphatic carbocycles. The number of nitrogens with one attached hydrogen (secondary N) is 1. The number of benzene rings is 2. The molecule has 2 aromatic carbocycles. The molecule has 176 valence electrons. The average Bonchev–Trinajstić information content (AvgIpc) is 3.11. The molecule has 0 radical (unpaired) electrons. The molecule has 1 aliphatic rings. The normalized spacial score (nSPS) is 13.1. The maximum Gasteiger partial charge on any atom is 0.264 e. The number of hydrogen-bond acceptors (Lipinski definition) is 5. The summed E-state index contributed by atoms with van der Waals surface area (Å²) in [6.07, 6.45) is 4.48. The van der Waals surface area contributed by atoms with Crippen LogP contribution in [0.2, 0.25) is 0 Å². The zero-order valence-corrected chi connectivity index (χ0v) is 19.2. The van der Waals surface area contributed by atoms with Crippen LogP contribution >= 0.6 is 0 Å². The third kappa shape index (κ3) is 4.35. The second-order valence-corrected chi connectivity index (χ2v) is 9.76. The van der Waals surface area contributed by atoms with Crippen molar-refractivity contribution in [2.45, 2.75) is 11.4 Å². The van der Waals surface area contributed by atoms with Gasteiger partial charge in [-0.25, -0.2) is 17.2 Å². The molecule has 0 atom stereocenters. The Morgan fingerprint density at radius 2 is 1.71 bits per heavy atom. The molecule has 0 unspecified atom stereocenters. The Kier molecular flexibility index (Phi) is 5.52. The van der Waals surface area contributed by atoms with E-state index in [-0.39, 0.29) is 11.6 Å². The van der Waals surface area contributed by atoms with Crippen LogP contribution in [0.25, 0.3) is 22.4 Å². The van der Waals surface area contributed by atoms with Crippen LogP contribution in [0.4, 0.5) is 14.5 Å². The van der Waals surface area contributed by atoms with E-state index in [2.05, 4.69) is 14.7 Å². The van der Waals surface area contributed by atoms with Crippen molar-refractivity contribution in [2.24, 2.45) is 0 Å². The smallest absolute Gasteiger partial charge is 0.264 e. The van der Waals surface area contributed by atoms with Crippen LogP contribution in [0, 0.1) is 11.6 Å². The van der Waals surface area contributed by atoms with E-state index in [1.807, 2.05) is 24.3 Å². The molecule has 0 saturated heterocycles. The minimum absolute atomic E-state index is 0.00481. The van der Waals surface area contributed by atoms with Gasteiger partial charge < -0.3 is 4.90 Å². The number of rotatable bonds is 5. The molecule has 1 amide bonds. The monoisotopic (exact) mass is 492 g/mol. The van der Waals surface area contributed by atoms with Crippen molar-refractivity contribution in [1.29, 1.82) is 0 Å². The first-order valence-corrected chi connectivity index (χ1v) is 12.0. The number of pyridine rings is 2. The lowest BCUT2D eigenvalue weighted by Crippen LogP contribution is -2.17. The molecule has 0 bridgehead atoms. The van der Waals surface area contributed by atoms with Gasteiger partial charge >= 0.3 is 0 Å². The topological polar surface area (TPSA) is 92.3 Å². The summed E-state index contributed by atoms with van der Waals surface area (Å²) in [5, 5.41) is 0. The number of carbonyl (C=O) groups excluding carboxylic acids is 1. The van der Waals surface area contributed by atoms with Crippen LogP contribution < -0.4 is 4.72 Å². The predicted molar refractivity (Wildman–Crippen MR) is 126 cm³/mol. The highest BCUT2D eigenvalue weighted by Crippen LogP contribution is 2.29. The highest BCUT2D eigenvalue weighted by atomic mass is 32.2. The molecule has 0 fully saturated rings. The average molecular weight is 493 g/mol. The molecule has 1 N–H and O–H groups in total. The molecule has 10 heteroatoms. The van der Waals surface area contributed by atoms with E-state index in [9.17, 15) is 22.0 Å². The summed E-state index contributed by atoms with van der Waals surface area (Å²) in [5.41, 5.74) is 4.63. The first kappa shape index (κ1) is 22.6. The van der Waals surface area contributed by atoms with Gasteiger partial charge in [0.25, 0.3) is 15.9 Å². The lowest BCUT2D eigenvalue weighted by atomic mass is 10.0. The molecule has 0 spiro atoms. The fraction of sp³-hybridized carbons (Fsp3) is 0.0800. The fourth-order valence-electron chi connectivity index (χ4n) is 3.92. The van der Waals surface area contributed by atoms with Crippen molar-refractivity contribution < 1.29 is 22.0 Å². The molecular formula is C25H18F2N4O3S. The third-order valence-electron chi connectivity index (χ3n) is 5.66. The Morgan fingerprint density at radius 3 is 2.46 bits per heavy atom. The van der Waals surface area contributed by atoms with E-state index in [4.69, 9.17) is 0 Å². The summed E-state index contributed by atoms with van der Waals surface area (Å²) in [5.74, 6) is -2.06. The maximum absolute atomic E-state index is 14.0. The minimum atomic E-state index is -4.29. The molecule has 35 heavy (non-hydrogen) atoms.